The molecule has 1 saturated carbocycles. The molecule has 2 aliphatic rings. The van der Waals surface area contributed by atoms with Gasteiger partial charge in [-0.1, -0.05) is 24.3 Å². The molecule has 90 valence electrons. The lowest BCUT2D eigenvalue weighted by Crippen LogP contribution is -2.37. The van der Waals surface area contributed by atoms with E-state index in [1.54, 1.807) is 0 Å². The van der Waals surface area contributed by atoms with Gasteiger partial charge in [-0.2, -0.15) is 0 Å². The van der Waals surface area contributed by atoms with Crippen LogP contribution in [0.15, 0.2) is 24.3 Å². The molecule has 1 amide bonds. The monoisotopic (exact) mass is 229 g/mol. The average Bonchev–Trinajstić information content (AvgIpc) is 2.96. The molecule has 2 nitrogen and oxygen atoms in total. The van der Waals surface area contributed by atoms with Gasteiger partial charge in [0.25, 0.3) is 0 Å². The van der Waals surface area contributed by atoms with Gasteiger partial charge in [0.1, 0.15) is 0 Å². The highest BCUT2D eigenvalue weighted by atomic mass is 16.2. The number of hydrogen-bond donors (Lipinski definition) is 0. The van der Waals surface area contributed by atoms with Gasteiger partial charge in [0, 0.05) is 13.1 Å². The van der Waals surface area contributed by atoms with Crippen molar-refractivity contribution in [2.24, 2.45) is 0 Å². The van der Waals surface area contributed by atoms with Crippen molar-refractivity contribution >= 4 is 5.91 Å². The van der Waals surface area contributed by atoms with E-state index in [1.807, 2.05) is 0 Å². The summed E-state index contributed by atoms with van der Waals surface area (Å²) in [7, 11) is 0. The van der Waals surface area contributed by atoms with Crippen molar-refractivity contribution in [3.8, 4) is 0 Å². The molecule has 1 heterocycles. The molecular weight excluding hydrogens is 210 g/mol. The number of nitrogens with zero attached hydrogens (tertiary/aromatic N) is 1. The Balaban J connectivity index is 1.91. The quantitative estimate of drug-likeness (QED) is 0.763. The highest BCUT2D eigenvalue weighted by Gasteiger charge is 2.53. The van der Waals surface area contributed by atoms with E-state index < -0.39 is 0 Å². The SMILES string of the molecule is Cc1ccccc1C1(C(=O)N2CCCC2)CC1. The first-order valence-corrected chi connectivity index (χ1v) is 6.59. The Morgan fingerprint density at radius 3 is 2.41 bits per heavy atom. The van der Waals surface area contributed by atoms with Crippen LogP contribution in [-0.4, -0.2) is 23.9 Å². The molecular formula is C15H19NO. The third kappa shape index (κ3) is 1.67. The lowest BCUT2D eigenvalue weighted by Gasteiger charge is -2.24. The Hall–Kier alpha value is -1.31. The van der Waals surface area contributed by atoms with Crippen LogP contribution in [0.3, 0.4) is 0 Å². The summed E-state index contributed by atoms with van der Waals surface area (Å²) in [5, 5.41) is 0. The fourth-order valence-corrected chi connectivity index (χ4v) is 3.06. The van der Waals surface area contributed by atoms with Crippen LogP contribution >= 0.6 is 0 Å². The first-order chi connectivity index (χ1) is 8.24. The van der Waals surface area contributed by atoms with Gasteiger partial charge in [-0.15, -0.1) is 0 Å². The first kappa shape index (κ1) is 10.8. The van der Waals surface area contributed by atoms with Crippen LogP contribution in [0.25, 0.3) is 0 Å². The molecule has 1 saturated heterocycles. The molecule has 0 spiro atoms. The highest BCUT2D eigenvalue weighted by Crippen LogP contribution is 2.50. The van der Waals surface area contributed by atoms with Crippen LogP contribution in [0.1, 0.15) is 36.8 Å². The predicted octanol–water partition coefficient (Wildman–Crippen LogP) is 2.65. The van der Waals surface area contributed by atoms with Gasteiger partial charge in [0.2, 0.25) is 5.91 Å². The zero-order valence-corrected chi connectivity index (χ0v) is 10.4. The number of amides is 1. The molecule has 0 aromatic heterocycles. The molecule has 0 bridgehead atoms. The molecule has 0 radical (unpaired) electrons. The van der Waals surface area contributed by atoms with Crippen molar-refractivity contribution in [1.29, 1.82) is 0 Å². The largest absolute Gasteiger partial charge is 0.342 e. The number of likely N-dealkylation sites (tertiary alicyclic amines) is 1. The van der Waals surface area contributed by atoms with Crippen LogP contribution in [0, 0.1) is 6.92 Å². The summed E-state index contributed by atoms with van der Waals surface area (Å²) in [6, 6.07) is 8.36. The molecule has 1 aromatic carbocycles. The second-order valence-electron chi connectivity index (χ2n) is 5.40. The normalized spacial score (nSPS) is 21.6. The molecule has 2 heteroatoms. The predicted molar refractivity (Wildman–Crippen MR) is 67.9 cm³/mol. The minimum atomic E-state index is -0.157. The molecule has 3 rings (SSSR count). The molecule has 1 aliphatic carbocycles. The lowest BCUT2D eigenvalue weighted by atomic mass is 9.90. The zero-order valence-electron chi connectivity index (χ0n) is 10.4. The van der Waals surface area contributed by atoms with Gasteiger partial charge in [0.05, 0.1) is 5.41 Å². The van der Waals surface area contributed by atoms with E-state index in [2.05, 4.69) is 36.1 Å². The van der Waals surface area contributed by atoms with E-state index >= 15 is 0 Å². The van der Waals surface area contributed by atoms with Crippen molar-refractivity contribution in [3.63, 3.8) is 0 Å². The Bertz CT molecular complexity index is 442. The number of benzene rings is 1. The maximum atomic E-state index is 12.6. The molecule has 0 unspecified atom stereocenters. The Morgan fingerprint density at radius 1 is 1.18 bits per heavy atom. The number of carbonyl (C=O) groups excluding carboxylic acids is 1. The van der Waals surface area contributed by atoms with Crippen LogP contribution in [0.2, 0.25) is 0 Å². The lowest BCUT2D eigenvalue weighted by molar-refractivity contribution is -0.132. The van der Waals surface area contributed by atoms with Gasteiger partial charge in [-0.3, -0.25) is 4.79 Å². The third-order valence-corrected chi connectivity index (χ3v) is 4.21. The van der Waals surface area contributed by atoms with Gasteiger partial charge in [-0.25, -0.2) is 0 Å². The van der Waals surface area contributed by atoms with Crippen LogP contribution < -0.4 is 0 Å². The Labute approximate surface area is 103 Å². The molecule has 2 fully saturated rings. The second kappa shape index (κ2) is 3.86. The van der Waals surface area contributed by atoms with Crippen molar-refractivity contribution in [3.05, 3.63) is 35.4 Å². The summed E-state index contributed by atoms with van der Waals surface area (Å²) >= 11 is 0. The van der Waals surface area contributed by atoms with E-state index in [1.165, 1.54) is 24.0 Å². The van der Waals surface area contributed by atoms with E-state index in [0.29, 0.717) is 5.91 Å². The van der Waals surface area contributed by atoms with Crippen LogP contribution in [0.5, 0.6) is 0 Å². The van der Waals surface area contributed by atoms with Gasteiger partial charge in [0.15, 0.2) is 0 Å². The third-order valence-electron chi connectivity index (χ3n) is 4.21. The number of hydrogen-bond acceptors (Lipinski definition) is 1. The molecule has 1 aliphatic heterocycles. The van der Waals surface area contributed by atoms with E-state index in [0.717, 1.165) is 25.9 Å². The second-order valence-corrected chi connectivity index (χ2v) is 5.40. The zero-order chi connectivity index (χ0) is 11.9. The molecule has 1 aromatic rings. The van der Waals surface area contributed by atoms with E-state index in [9.17, 15) is 4.79 Å². The summed E-state index contributed by atoms with van der Waals surface area (Å²) in [4.78, 5) is 14.7. The summed E-state index contributed by atoms with van der Waals surface area (Å²) in [6.45, 7) is 4.05. The smallest absolute Gasteiger partial charge is 0.233 e. The number of carbonyl (C=O) groups is 1. The summed E-state index contributed by atoms with van der Waals surface area (Å²) in [5.74, 6) is 0.379. The minimum absolute atomic E-state index is 0.157. The van der Waals surface area contributed by atoms with E-state index in [-0.39, 0.29) is 5.41 Å². The first-order valence-electron chi connectivity index (χ1n) is 6.59. The fraction of sp³-hybridized carbons (Fsp3) is 0.533. The summed E-state index contributed by atoms with van der Waals surface area (Å²) in [5.41, 5.74) is 2.37. The average molecular weight is 229 g/mol. The topological polar surface area (TPSA) is 20.3 Å². The maximum absolute atomic E-state index is 12.6. The Morgan fingerprint density at radius 2 is 1.82 bits per heavy atom. The van der Waals surface area contributed by atoms with Gasteiger partial charge >= 0.3 is 0 Å². The molecule has 17 heavy (non-hydrogen) atoms. The van der Waals surface area contributed by atoms with Crippen LogP contribution in [0.4, 0.5) is 0 Å². The van der Waals surface area contributed by atoms with Crippen molar-refractivity contribution in [2.75, 3.05) is 13.1 Å². The van der Waals surface area contributed by atoms with Crippen molar-refractivity contribution in [1.82, 2.24) is 4.90 Å². The van der Waals surface area contributed by atoms with Crippen LogP contribution in [-0.2, 0) is 10.2 Å². The molecule has 0 atom stereocenters. The van der Waals surface area contributed by atoms with E-state index in [4.69, 9.17) is 0 Å². The standard InChI is InChI=1S/C15H19NO/c1-12-6-2-3-7-13(12)15(8-9-15)14(17)16-10-4-5-11-16/h2-3,6-7H,4-5,8-11H2,1H3. The summed E-state index contributed by atoms with van der Waals surface area (Å²) < 4.78 is 0. The maximum Gasteiger partial charge on any atom is 0.233 e. The summed E-state index contributed by atoms with van der Waals surface area (Å²) in [6.07, 6.45) is 4.42. The Kier molecular flexibility index (Phi) is 2.46. The number of rotatable bonds is 2. The number of aryl methyl sites for hydroxylation is 1. The van der Waals surface area contributed by atoms with Gasteiger partial charge in [-0.05, 0) is 43.7 Å². The molecule has 0 N–H and O–H groups in total. The minimum Gasteiger partial charge on any atom is -0.342 e. The van der Waals surface area contributed by atoms with Crippen molar-refractivity contribution in [2.45, 2.75) is 38.0 Å². The highest BCUT2D eigenvalue weighted by molar-refractivity contribution is 5.91. The van der Waals surface area contributed by atoms with Gasteiger partial charge < -0.3 is 4.90 Å². The van der Waals surface area contributed by atoms with Crippen molar-refractivity contribution < 1.29 is 4.79 Å². The fourth-order valence-electron chi connectivity index (χ4n) is 3.06.